The van der Waals surface area contributed by atoms with Crippen LogP contribution in [-0.2, 0) is 4.79 Å². The molecule has 1 rings (SSSR count). The monoisotopic (exact) mass is 140 g/mol. The Morgan fingerprint density at radius 1 is 1.40 bits per heavy atom. The number of carbonyl (C=O) groups is 1. The summed E-state index contributed by atoms with van der Waals surface area (Å²) in [4.78, 5) is 11.2. The molecular formula is C9H16O. The summed E-state index contributed by atoms with van der Waals surface area (Å²) in [6.45, 7) is 6.36. The van der Waals surface area contributed by atoms with Crippen molar-refractivity contribution in [2.45, 2.75) is 40.0 Å². The topological polar surface area (TPSA) is 17.1 Å². The van der Waals surface area contributed by atoms with Crippen LogP contribution in [0.4, 0.5) is 0 Å². The van der Waals surface area contributed by atoms with Crippen molar-refractivity contribution in [3.05, 3.63) is 0 Å². The number of rotatable bonds is 2. The zero-order valence-corrected chi connectivity index (χ0v) is 7.11. The average Bonchev–Trinajstić information content (AvgIpc) is 2.35. The maximum Gasteiger partial charge on any atom is 0.136 e. The molecule has 1 fully saturated rings. The lowest BCUT2D eigenvalue weighted by atomic mass is 9.89. The van der Waals surface area contributed by atoms with Crippen LogP contribution in [0.3, 0.4) is 0 Å². The van der Waals surface area contributed by atoms with Crippen LogP contribution in [0.15, 0.2) is 0 Å². The third-order valence-corrected chi connectivity index (χ3v) is 1.74. The van der Waals surface area contributed by atoms with Crippen LogP contribution in [0.5, 0.6) is 0 Å². The fraction of sp³-hybridized carbons (Fsp3) is 0.889. The van der Waals surface area contributed by atoms with Crippen LogP contribution < -0.4 is 0 Å². The SMILES string of the molecule is CC(C)(C)CC(=O)C1CC1. The molecule has 0 spiro atoms. The maximum absolute atomic E-state index is 11.2. The van der Waals surface area contributed by atoms with E-state index in [1.807, 2.05) is 0 Å². The van der Waals surface area contributed by atoms with E-state index in [0.717, 1.165) is 19.3 Å². The fourth-order valence-corrected chi connectivity index (χ4v) is 1.07. The summed E-state index contributed by atoms with van der Waals surface area (Å²) < 4.78 is 0. The van der Waals surface area contributed by atoms with E-state index >= 15 is 0 Å². The van der Waals surface area contributed by atoms with Crippen LogP contribution >= 0.6 is 0 Å². The molecule has 1 nitrogen and oxygen atoms in total. The van der Waals surface area contributed by atoms with E-state index in [0.29, 0.717) is 11.7 Å². The second-order valence-corrected chi connectivity index (χ2v) is 4.48. The number of hydrogen-bond donors (Lipinski definition) is 0. The van der Waals surface area contributed by atoms with E-state index in [4.69, 9.17) is 0 Å². The summed E-state index contributed by atoms with van der Waals surface area (Å²) in [5, 5.41) is 0. The van der Waals surface area contributed by atoms with E-state index in [1.165, 1.54) is 0 Å². The van der Waals surface area contributed by atoms with Crippen molar-refractivity contribution in [3.63, 3.8) is 0 Å². The average molecular weight is 140 g/mol. The van der Waals surface area contributed by atoms with Crippen LogP contribution in [0.1, 0.15) is 40.0 Å². The Labute approximate surface area is 62.8 Å². The molecule has 0 bridgehead atoms. The Morgan fingerprint density at radius 2 is 1.90 bits per heavy atom. The molecule has 0 unspecified atom stereocenters. The first-order valence-corrected chi connectivity index (χ1v) is 4.02. The van der Waals surface area contributed by atoms with E-state index in [2.05, 4.69) is 20.8 Å². The highest BCUT2D eigenvalue weighted by Crippen LogP contribution is 2.34. The van der Waals surface area contributed by atoms with E-state index in [9.17, 15) is 4.79 Å². The molecule has 10 heavy (non-hydrogen) atoms. The molecule has 1 aliphatic carbocycles. The predicted octanol–water partition coefficient (Wildman–Crippen LogP) is 2.40. The summed E-state index contributed by atoms with van der Waals surface area (Å²) in [6, 6.07) is 0. The quantitative estimate of drug-likeness (QED) is 0.575. The van der Waals surface area contributed by atoms with Gasteiger partial charge in [-0.05, 0) is 18.3 Å². The molecule has 0 aromatic carbocycles. The van der Waals surface area contributed by atoms with Crippen LogP contribution in [0.25, 0.3) is 0 Å². The first kappa shape index (κ1) is 7.77. The van der Waals surface area contributed by atoms with Gasteiger partial charge >= 0.3 is 0 Å². The van der Waals surface area contributed by atoms with Gasteiger partial charge in [0.1, 0.15) is 5.78 Å². The van der Waals surface area contributed by atoms with E-state index in [-0.39, 0.29) is 5.41 Å². The van der Waals surface area contributed by atoms with Gasteiger partial charge in [-0.2, -0.15) is 0 Å². The molecule has 0 radical (unpaired) electrons. The second-order valence-electron chi connectivity index (χ2n) is 4.48. The first-order chi connectivity index (χ1) is 4.49. The summed E-state index contributed by atoms with van der Waals surface area (Å²) in [6.07, 6.45) is 3.06. The van der Waals surface area contributed by atoms with Gasteiger partial charge in [-0.1, -0.05) is 20.8 Å². The van der Waals surface area contributed by atoms with Gasteiger partial charge in [0.15, 0.2) is 0 Å². The first-order valence-electron chi connectivity index (χ1n) is 4.02. The van der Waals surface area contributed by atoms with Gasteiger partial charge < -0.3 is 0 Å². The Balaban J connectivity index is 2.30. The molecule has 0 heterocycles. The molecule has 0 N–H and O–H groups in total. The van der Waals surface area contributed by atoms with Crippen LogP contribution in [0, 0.1) is 11.3 Å². The lowest BCUT2D eigenvalue weighted by Crippen LogP contribution is -2.13. The highest BCUT2D eigenvalue weighted by molar-refractivity contribution is 5.83. The molecule has 1 aliphatic rings. The lowest BCUT2D eigenvalue weighted by molar-refractivity contribution is -0.121. The van der Waals surface area contributed by atoms with Crippen molar-refractivity contribution >= 4 is 5.78 Å². The molecule has 0 aliphatic heterocycles. The van der Waals surface area contributed by atoms with Crippen molar-refractivity contribution in [2.75, 3.05) is 0 Å². The summed E-state index contributed by atoms with van der Waals surface area (Å²) in [5.74, 6) is 0.923. The standard InChI is InChI=1S/C9H16O/c1-9(2,3)6-8(10)7-4-5-7/h7H,4-6H2,1-3H3. The molecule has 1 heteroatoms. The third kappa shape index (κ3) is 2.51. The van der Waals surface area contributed by atoms with E-state index in [1.54, 1.807) is 0 Å². The van der Waals surface area contributed by atoms with Crippen LogP contribution in [0.2, 0.25) is 0 Å². The minimum Gasteiger partial charge on any atom is -0.299 e. The maximum atomic E-state index is 11.2. The van der Waals surface area contributed by atoms with Crippen LogP contribution in [-0.4, -0.2) is 5.78 Å². The van der Waals surface area contributed by atoms with Gasteiger partial charge in [0.25, 0.3) is 0 Å². The largest absolute Gasteiger partial charge is 0.299 e. The molecule has 0 aromatic heterocycles. The minimum absolute atomic E-state index is 0.194. The van der Waals surface area contributed by atoms with E-state index < -0.39 is 0 Å². The minimum atomic E-state index is 0.194. The Bertz CT molecular complexity index is 137. The van der Waals surface area contributed by atoms with Crippen molar-refractivity contribution in [3.8, 4) is 0 Å². The summed E-state index contributed by atoms with van der Waals surface area (Å²) in [7, 11) is 0. The van der Waals surface area contributed by atoms with Gasteiger partial charge in [-0.3, -0.25) is 4.79 Å². The predicted molar refractivity (Wildman–Crippen MR) is 41.8 cm³/mol. The Morgan fingerprint density at radius 3 is 2.20 bits per heavy atom. The number of ketones is 1. The van der Waals surface area contributed by atoms with Crippen molar-refractivity contribution in [1.82, 2.24) is 0 Å². The van der Waals surface area contributed by atoms with Gasteiger partial charge in [-0.15, -0.1) is 0 Å². The molecule has 1 saturated carbocycles. The molecule has 0 amide bonds. The highest BCUT2D eigenvalue weighted by Gasteiger charge is 2.31. The summed E-state index contributed by atoms with van der Waals surface area (Å²) in [5.41, 5.74) is 0.194. The summed E-state index contributed by atoms with van der Waals surface area (Å²) >= 11 is 0. The van der Waals surface area contributed by atoms with Gasteiger partial charge in [-0.25, -0.2) is 0 Å². The highest BCUT2D eigenvalue weighted by atomic mass is 16.1. The molecule has 0 saturated heterocycles. The Kier molecular flexibility index (Phi) is 1.84. The smallest absolute Gasteiger partial charge is 0.136 e. The van der Waals surface area contributed by atoms with Gasteiger partial charge in [0.2, 0.25) is 0 Å². The third-order valence-electron chi connectivity index (χ3n) is 1.74. The number of Topliss-reactive ketones (excluding diaryl/α,β-unsaturated/α-hetero) is 1. The van der Waals surface area contributed by atoms with Gasteiger partial charge in [0.05, 0.1) is 0 Å². The normalized spacial score (nSPS) is 19.1. The van der Waals surface area contributed by atoms with Crippen molar-refractivity contribution in [1.29, 1.82) is 0 Å². The zero-order valence-electron chi connectivity index (χ0n) is 7.11. The molecule has 58 valence electrons. The Hall–Kier alpha value is -0.330. The number of carbonyl (C=O) groups excluding carboxylic acids is 1. The lowest BCUT2D eigenvalue weighted by Gasteiger charge is -2.16. The zero-order chi connectivity index (χ0) is 7.78. The molecule has 0 aromatic rings. The van der Waals surface area contributed by atoms with Crippen molar-refractivity contribution in [2.24, 2.45) is 11.3 Å². The molecular weight excluding hydrogens is 124 g/mol. The number of hydrogen-bond acceptors (Lipinski definition) is 1. The van der Waals surface area contributed by atoms with Crippen molar-refractivity contribution < 1.29 is 4.79 Å². The molecule has 0 atom stereocenters. The van der Waals surface area contributed by atoms with Gasteiger partial charge in [0, 0.05) is 12.3 Å². The second kappa shape index (κ2) is 2.37. The fourth-order valence-electron chi connectivity index (χ4n) is 1.07.